The summed E-state index contributed by atoms with van der Waals surface area (Å²) in [6, 6.07) is 0. The average Bonchev–Trinajstić information content (AvgIpc) is 2.36. The molecule has 1 aliphatic carbocycles. The zero-order valence-electron chi connectivity index (χ0n) is 15.8. The van der Waals surface area contributed by atoms with Crippen LogP contribution in [0.4, 0.5) is 4.79 Å². The van der Waals surface area contributed by atoms with Gasteiger partial charge in [-0.2, -0.15) is 0 Å². The molecule has 1 fully saturated rings. The van der Waals surface area contributed by atoms with Gasteiger partial charge in [0.1, 0.15) is 5.60 Å². The van der Waals surface area contributed by atoms with Crippen LogP contribution in [0.25, 0.3) is 0 Å². The molecule has 0 radical (unpaired) electrons. The molecule has 0 heterocycles. The van der Waals surface area contributed by atoms with Gasteiger partial charge < -0.3 is 20.1 Å². The number of nitrogens with one attached hydrogen (secondary N) is 1. The van der Waals surface area contributed by atoms with E-state index in [9.17, 15) is 9.90 Å². The first-order chi connectivity index (χ1) is 10.5. The zero-order chi connectivity index (χ0) is 17.7. The molecule has 5 heteroatoms. The van der Waals surface area contributed by atoms with Crippen LogP contribution in [0.2, 0.25) is 0 Å². The van der Waals surface area contributed by atoms with Crippen molar-refractivity contribution in [1.29, 1.82) is 0 Å². The van der Waals surface area contributed by atoms with Gasteiger partial charge in [-0.15, -0.1) is 0 Å². The molecule has 1 rings (SSSR count). The van der Waals surface area contributed by atoms with E-state index in [1.54, 1.807) is 4.90 Å². The summed E-state index contributed by atoms with van der Waals surface area (Å²) in [4.78, 5) is 14.2. The van der Waals surface area contributed by atoms with Gasteiger partial charge in [0.15, 0.2) is 0 Å². The molecule has 0 aromatic rings. The van der Waals surface area contributed by atoms with E-state index in [0.717, 1.165) is 25.8 Å². The van der Waals surface area contributed by atoms with Gasteiger partial charge in [-0.05, 0) is 60.3 Å². The predicted molar refractivity (Wildman–Crippen MR) is 93.5 cm³/mol. The highest BCUT2D eigenvalue weighted by Crippen LogP contribution is 2.23. The number of carbonyl (C=O) groups is 1. The molecule has 2 N–H and O–H groups in total. The van der Waals surface area contributed by atoms with Gasteiger partial charge in [-0.3, -0.25) is 0 Å². The summed E-state index contributed by atoms with van der Waals surface area (Å²) in [5.41, 5.74) is -0.769. The number of hydrogen-bond acceptors (Lipinski definition) is 4. The van der Waals surface area contributed by atoms with Crippen molar-refractivity contribution in [1.82, 2.24) is 10.2 Å². The minimum absolute atomic E-state index is 0.180. The highest BCUT2D eigenvalue weighted by Gasteiger charge is 2.30. The molecule has 1 saturated carbocycles. The monoisotopic (exact) mass is 328 g/mol. The smallest absolute Gasteiger partial charge is 0.410 e. The molecule has 5 nitrogen and oxygen atoms in total. The summed E-state index contributed by atoms with van der Waals surface area (Å²) in [6.45, 7) is 13.8. The summed E-state index contributed by atoms with van der Waals surface area (Å²) in [5, 5.41) is 13.4. The molecule has 2 unspecified atom stereocenters. The Morgan fingerprint density at radius 1 is 1.17 bits per heavy atom. The number of ether oxygens (including phenoxy) is 1. The first-order valence-electron chi connectivity index (χ1n) is 8.90. The molecule has 1 aliphatic rings. The molecule has 1 amide bonds. The van der Waals surface area contributed by atoms with E-state index in [2.05, 4.69) is 5.32 Å². The molecule has 2 atom stereocenters. The van der Waals surface area contributed by atoms with Crippen LogP contribution in [0.5, 0.6) is 0 Å². The highest BCUT2D eigenvalue weighted by molar-refractivity contribution is 5.69. The number of amides is 1. The van der Waals surface area contributed by atoms with Crippen LogP contribution < -0.4 is 5.32 Å². The Kier molecular flexibility index (Phi) is 7.33. The van der Waals surface area contributed by atoms with E-state index in [4.69, 9.17) is 4.74 Å². The zero-order valence-corrected chi connectivity index (χ0v) is 15.8. The van der Waals surface area contributed by atoms with Gasteiger partial charge in [0.25, 0.3) is 0 Å². The molecule has 0 aliphatic heterocycles. The first-order valence-corrected chi connectivity index (χ1v) is 8.90. The van der Waals surface area contributed by atoms with Crippen molar-refractivity contribution >= 4 is 6.09 Å². The van der Waals surface area contributed by atoms with Crippen molar-refractivity contribution in [3.05, 3.63) is 0 Å². The van der Waals surface area contributed by atoms with Gasteiger partial charge in [0, 0.05) is 25.2 Å². The number of nitrogens with zero attached hydrogens (tertiary/aromatic N) is 1. The Balaban J connectivity index is 2.44. The summed E-state index contributed by atoms with van der Waals surface area (Å²) in [6.07, 6.45) is 3.89. The second-order valence-corrected chi connectivity index (χ2v) is 8.62. The summed E-state index contributed by atoms with van der Waals surface area (Å²) < 4.78 is 5.51. The van der Waals surface area contributed by atoms with E-state index in [0.29, 0.717) is 19.0 Å². The Hall–Kier alpha value is -0.810. The van der Waals surface area contributed by atoms with Crippen molar-refractivity contribution in [2.45, 2.75) is 84.5 Å². The Bertz CT molecular complexity index is 371. The van der Waals surface area contributed by atoms with Crippen LogP contribution in [0.3, 0.4) is 0 Å². The lowest BCUT2D eigenvalue weighted by atomic mass is 9.86. The van der Waals surface area contributed by atoms with E-state index in [1.165, 1.54) is 6.42 Å². The second-order valence-electron chi connectivity index (χ2n) is 8.62. The minimum Gasteiger partial charge on any atom is -0.444 e. The lowest BCUT2D eigenvalue weighted by Crippen LogP contribution is -2.50. The highest BCUT2D eigenvalue weighted by atomic mass is 16.6. The fraction of sp³-hybridized carbons (Fsp3) is 0.944. The first kappa shape index (κ1) is 20.2. The van der Waals surface area contributed by atoms with Crippen molar-refractivity contribution < 1.29 is 14.6 Å². The van der Waals surface area contributed by atoms with Crippen LogP contribution in [0.15, 0.2) is 0 Å². The van der Waals surface area contributed by atoms with Gasteiger partial charge in [-0.25, -0.2) is 4.79 Å². The van der Waals surface area contributed by atoms with Crippen LogP contribution in [0.1, 0.15) is 67.2 Å². The van der Waals surface area contributed by atoms with E-state index >= 15 is 0 Å². The third-order valence-corrected chi connectivity index (χ3v) is 4.21. The van der Waals surface area contributed by atoms with Crippen LogP contribution >= 0.6 is 0 Å². The normalized spacial score (nSPS) is 22.7. The Morgan fingerprint density at radius 3 is 2.30 bits per heavy atom. The van der Waals surface area contributed by atoms with Gasteiger partial charge in [0.05, 0.1) is 6.10 Å². The van der Waals surface area contributed by atoms with E-state index in [1.807, 2.05) is 41.5 Å². The number of rotatable bonds is 5. The predicted octanol–water partition coefficient (Wildman–Crippen LogP) is 3.16. The molecule has 136 valence electrons. The molecule has 0 spiro atoms. The second kappa shape index (κ2) is 8.34. The van der Waals surface area contributed by atoms with Crippen LogP contribution in [-0.4, -0.2) is 53.0 Å². The van der Waals surface area contributed by atoms with E-state index in [-0.39, 0.29) is 17.7 Å². The number of hydrogen-bond donors (Lipinski definition) is 2. The number of carbonyl (C=O) groups excluding carboxylic acids is 1. The molecule has 0 saturated heterocycles. The quantitative estimate of drug-likeness (QED) is 0.761. The Morgan fingerprint density at radius 2 is 1.78 bits per heavy atom. The van der Waals surface area contributed by atoms with Gasteiger partial charge in [0.2, 0.25) is 0 Å². The van der Waals surface area contributed by atoms with Crippen molar-refractivity contribution in [3.8, 4) is 0 Å². The van der Waals surface area contributed by atoms with Crippen molar-refractivity contribution in [2.24, 2.45) is 5.92 Å². The number of aliphatic hydroxyl groups is 1. The molecule has 0 aromatic carbocycles. The Labute approximate surface area is 141 Å². The average molecular weight is 328 g/mol. The lowest BCUT2D eigenvalue weighted by Gasteiger charge is -2.37. The third kappa shape index (κ3) is 7.53. The number of aliphatic hydroxyl groups excluding tert-OH is 1. The maximum Gasteiger partial charge on any atom is 0.410 e. The SMILES string of the molecule is CC(C)(C)OC(=O)N(CCNCC1CCCCC1O)C(C)(C)C. The largest absolute Gasteiger partial charge is 0.444 e. The molecule has 0 aromatic heterocycles. The van der Waals surface area contributed by atoms with Gasteiger partial charge >= 0.3 is 6.09 Å². The molecular weight excluding hydrogens is 292 g/mol. The van der Waals surface area contributed by atoms with Crippen LogP contribution in [-0.2, 0) is 4.74 Å². The third-order valence-electron chi connectivity index (χ3n) is 4.21. The van der Waals surface area contributed by atoms with Gasteiger partial charge in [-0.1, -0.05) is 12.8 Å². The van der Waals surface area contributed by atoms with Crippen LogP contribution in [0, 0.1) is 5.92 Å². The summed E-state index contributed by atoms with van der Waals surface area (Å²) in [7, 11) is 0. The molecular formula is C18H36N2O3. The summed E-state index contributed by atoms with van der Waals surface area (Å²) >= 11 is 0. The fourth-order valence-electron chi connectivity index (χ4n) is 2.92. The maximum absolute atomic E-state index is 12.4. The summed E-state index contributed by atoms with van der Waals surface area (Å²) in [5.74, 6) is 0.341. The molecule has 0 bridgehead atoms. The standard InChI is InChI=1S/C18H36N2O3/c1-17(2,3)20(16(22)23-18(4,5)6)12-11-19-13-14-9-7-8-10-15(14)21/h14-15,19,21H,7-13H2,1-6H3. The topological polar surface area (TPSA) is 61.8 Å². The van der Waals surface area contributed by atoms with Crippen molar-refractivity contribution in [3.63, 3.8) is 0 Å². The van der Waals surface area contributed by atoms with E-state index < -0.39 is 5.60 Å². The fourth-order valence-corrected chi connectivity index (χ4v) is 2.92. The minimum atomic E-state index is -0.486. The molecule has 23 heavy (non-hydrogen) atoms. The maximum atomic E-state index is 12.4. The lowest BCUT2D eigenvalue weighted by molar-refractivity contribution is 0.00624. The van der Waals surface area contributed by atoms with Crippen molar-refractivity contribution in [2.75, 3.05) is 19.6 Å².